The van der Waals surface area contributed by atoms with E-state index in [0.717, 1.165) is 11.3 Å². The average Bonchev–Trinajstić information content (AvgIpc) is 2.48. The summed E-state index contributed by atoms with van der Waals surface area (Å²) in [5, 5.41) is 2.61. The number of hydrogen-bond donors (Lipinski definition) is 1. The van der Waals surface area contributed by atoms with Crippen LogP contribution in [0.4, 0.5) is 15.8 Å². The first-order valence-electron chi connectivity index (χ1n) is 6.96. The second-order valence-corrected chi connectivity index (χ2v) is 4.83. The van der Waals surface area contributed by atoms with Crippen molar-refractivity contribution < 1.29 is 9.18 Å². The highest BCUT2D eigenvalue weighted by atomic mass is 19.1. The van der Waals surface area contributed by atoms with Gasteiger partial charge >= 0.3 is 0 Å². The highest BCUT2D eigenvalue weighted by Crippen LogP contribution is 2.19. The van der Waals surface area contributed by atoms with E-state index in [4.69, 9.17) is 0 Å². The second kappa shape index (κ2) is 6.88. The molecule has 2 rings (SSSR count). The van der Waals surface area contributed by atoms with E-state index in [-0.39, 0.29) is 18.1 Å². The first-order valence-corrected chi connectivity index (χ1v) is 6.96. The quantitative estimate of drug-likeness (QED) is 0.911. The Balaban J connectivity index is 2.07. The minimum Gasteiger partial charge on any atom is -0.362 e. The number of carbonyl (C=O) groups is 1. The maximum Gasteiger partial charge on any atom is 0.243 e. The van der Waals surface area contributed by atoms with E-state index >= 15 is 0 Å². The summed E-state index contributed by atoms with van der Waals surface area (Å²) >= 11 is 0. The third kappa shape index (κ3) is 3.81. The zero-order valence-corrected chi connectivity index (χ0v) is 12.3. The largest absolute Gasteiger partial charge is 0.362 e. The van der Waals surface area contributed by atoms with Crippen molar-refractivity contribution in [2.45, 2.75) is 13.8 Å². The predicted octanol–water partition coefficient (Wildman–Crippen LogP) is 3.60. The molecule has 0 radical (unpaired) electrons. The molecule has 0 aliphatic carbocycles. The minimum atomic E-state index is -0.426. The third-order valence-corrected chi connectivity index (χ3v) is 3.32. The van der Waals surface area contributed by atoms with Gasteiger partial charge in [0, 0.05) is 12.2 Å². The Kier molecular flexibility index (Phi) is 4.93. The van der Waals surface area contributed by atoms with E-state index in [9.17, 15) is 9.18 Å². The van der Waals surface area contributed by atoms with Crippen molar-refractivity contribution in [3.8, 4) is 0 Å². The molecule has 0 spiro atoms. The first-order chi connectivity index (χ1) is 10.1. The number of nitrogens with zero attached hydrogens (tertiary/aromatic N) is 1. The van der Waals surface area contributed by atoms with Crippen LogP contribution in [-0.2, 0) is 4.79 Å². The number of carbonyl (C=O) groups excluding carboxylic acids is 1. The topological polar surface area (TPSA) is 32.3 Å². The van der Waals surface area contributed by atoms with Gasteiger partial charge in [0.15, 0.2) is 0 Å². The normalized spacial score (nSPS) is 10.2. The molecule has 0 aliphatic rings. The second-order valence-electron chi connectivity index (χ2n) is 4.83. The Morgan fingerprint density at radius 3 is 2.48 bits per heavy atom. The SMILES string of the molecule is CCN(CC(=O)Nc1ccccc1F)c1ccccc1C. The average molecular weight is 286 g/mol. The molecule has 0 saturated heterocycles. The van der Waals surface area contributed by atoms with Gasteiger partial charge < -0.3 is 10.2 Å². The first kappa shape index (κ1) is 15.0. The van der Waals surface area contributed by atoms with Crippen LogP contribution in [0.2, 0.25) is 0 Å². The fourth-order valence-corrected chi connectivity index (χ4v) is 2.21. The molecule has 0 saturated carbocycles. The molecule has 0 atom stereocenters. The van der Waals surface area contributed by atoms with Gasteiger partial charge in [-0.15, -0.1) is 0 Å². The molecule has 2 aromatic carbocycles. The molecule has 1 amide bonds. The van der Waals surface area contributed by atoms with Gasteiger partial charge in [-0.2, -0.15) is 0 Å². The molecule has 2 aromatic rings. The molecule has 0 aromatic heterocycles. The molecule has 0 aliphatic heterocycles. The third-order valence-electron chi connectivity index (χ3n) is 3.32. The van der Waals surface area contributed by atoms with Crippen molar-refractivity contribution in [3.05, 3.63) is 59.9 Å². The van der Waals surface area contributed by atoms with Gasteiger partial charge in [-0.3, -0.25) is 4.79 Å². The van der Waals surface area contributed by atoms with Gasteiger partial charge in [0.05, 0.1) is 12.2 Å². The fourth-order valence-electron chi connectivity index (χ4n) is 2.21. The van der Waals surface area contributed by atoms with Crippen LogP contribution in [0, 0.1) is 12.7 Å². The number of rotatable bonds is 5. The summed E-state index contributed by atoms with van der Waals surface area (Å²) in [6.45, 7) is 4.89. The molecule has 3 nitrogen and oxygen atoms in total. The van der Waals surface area contributed by atoms with E-state index in [0.29, 0.717) is 6.54 Å². The van der Waals surface area contributed by atoms with Crippen LogP contribution >= 0.6 is 0 Å². The number of halogens is 1. The Hall–Kier alpha value is -2.36. The van der Waals surface area contributed by atoms with E-state index in [1.165, 1.54) is 6.07 Å². The number of amides is 1. The van der Waals surface area contributed by atoms with E-state index < -0.39 is 5.82 Å². The van der Waals surface area contributed by atoms with Crippen molar-refractivity contribution in [3.63, 3.8) is 0 Å². The van der Waals surface area contributed by atoms with Crippen molar-refractivity contribution in [2.75, 3.05) is 23.3 Å². The van der Waals surface area contributed by atoms with Gasteiger partial charge in [-0.05, 0) is 37.6 Å². The predicted molar refractivity (Wildman–Crippen MR) is 84.1 cm³/mol. The van der Waals surface area contributed by atoms with Crippen molar-refractivity contribution in [2.24, 2.45) is 0 Å². The lowest BCUT2D eigenvalue weighted by molar-refractivity contribution is -0.115. The Morgan fingerprint density at radius 1 is 1.14 bits per heavy atom. The molecule has 0 fully saturated rings. The molecule has 0 unspecified atom stereocenters. The van der Waals surface area contributed by atoms with Crippen LogP contribution in [0.25, 0.3) is 0 Å². The van der Waals surface area contributed by atoms with Crippen LogP contribution in [0.1, 0.15) is 12.5 Å². The van der Waals surface area contributed by atoms with Gasteiger partial charge in [-0.1, -0.05) is 30.3 Å². The standard InChI is InChI=1S/C17H19FN2O/c1-3-20(16-11-7-4-8-13(16)2)12-17(21)19-15-10-6-5-9-14(15)18/h4-11H,3,12H2,1-2H3,(H,19,21). The molecule has 0 heterocycles. The fraction of sp³-hybridized carbons (Fsp3) is 0.235. The van der Waals surface area contributed by atoms with Crippen molar-refractivity contribution in [1.82, 2.24) is 0 Å². The molecular formula is C17H19FN2O. The number of hydrogen-bond acceptors (Lipinski definition) is 2. The molecule has 21 heavy (non-hydrogen) atoms. The van der Waals surface area contributed by atoms with Gasteiger partial charge in [0.25, 0.3) is 0 Å². The summed E-state index contributed by atoms with van der Waals surface area (Å²) in [4.78, 5) is 14.1. The highest BCUT2D eigenvalue weighted by molar-refractivity contribution is 5.94. The molecule has 4 heteroatoms. The monoisotopic (exact) mass is 286 g/mol. The highest BCUT2D eigenvalue weighted by Gasteiger charge is 2.13. The number of benzene rings is 2. The number of likely N-dealkylation sites (N-methyl/N-ethyl adjacent to an activating group) is 1. The summed E-state index contributed by atoms with van der Waals surface area (Å²) < 4.78 is 13.5. The summed E-state index contributed by atoms with van der Waals surface area (Å²) in [5.74, 6) is -0.657. The van der Waals surface area contributed by atoms with Gasteiger partial charge in [-0.25, -0.2) is 4.39 Å². The summed E-state index contributed by atoms with van der Waals surface area (Å²) in [7, 11) is 0. The van der Waals surface area contributed by atoms with Crippen LogP contribution < -0.4 is 10.2 Å². The van der Waals surface area contributed by atoms with Crippen molar-refractivity contribution in [1.29, 1.82) is 0 Å². The van der Waals surface area contributed by atoms with Crippen LogP contribution in [-0.4, -0.2) is 19.0 Å². The Morgan fingerprint density at radius 2 is 1.81 bits per heavy atom. The Bertz CT molecular complexity index is 628. The summed E-state index contributed by atoms with van der Waals surface area (Å²) in [6.07, 6.45) is 0. The lowest BCUT2D eigenvalue weighted by atomic mass is 10.2. The molecule has 110 valence electrons. The van der Waals surface area contributed by atoms with E-state index in [1.807, 2.05) is 43.0 Å². The van der Waals surface area contributed by atoms with Crippen molar-refractivity contribution >= 4 is 17.3 Å². The summed E-state index contributed by atoms with van der Waals surface area (Å²) in [6, 6.07) is 14.1. The number of para-hydroxylation sites is 2. The minimum absolute atomic E-state index is 0.190. The summed E-state index contributed by atoms with van der Waals surface area (Å²) in [5.41, 5.74) is 2.34. The smallest absolute Gasteiger partial charge is 0.243 e. The number of anilines is 2. The molecule has 0 bridgehead atoms. The molecular weight excluding hydrogens is 267 g/mol. The van der Waals surface area contributed by atoms with Gasteiger partial charge in [0.1, 0.15) is 5.82 Å². The van der Waals surface area contributed by atoms with Crippen LogP contribution in [0.15, 0.2) is 48.5 Å². The lowest BCUT2D eigenvalue weighted by Gasteiger charge is -2.24. The van der Waals surface area contributed by atoms with E-state index in [2.05, 4.69) is 5.32 Å². The van der Waals surface area contributed by atoms with E-state index in [1.54, 1.807) is 18.2 Å². The molecule has 1 N–H and O–H groups in total. The lowest BCUT2D eigenvalue weighted by Crippen LogP contribution is -2.33. The maximum atomic E-state index is 13.5. The Labute approximate surface area is 124 Å². The maximum absolute atomic E-state index is 13.5. The zero-order valence-electron chi connectivity index (χ0n) is 12.3. The van der Waals surface area contributed by atoms with Crippen LogP contribution in [0.5, 0.6) is 0 Å². The number of aryl methyl sites for hydroxylation is 1. The zero-order chi connectivity index (χ0) is 15.2. The van der Waals surface area contributed by atoms with Gasteiger partial charge in [0.2, 0.25) is 5.91 Å². The number of nitrogens with one attached hydrogen (secondary N) is 1. The van der Waals surface area contributed by atoms with Crippen LogP contribution in [0.3, 0.4) is 0 Å².